The van der Waals surface area contributed by atoms with E-state index in [0.717, 1.165) is 5.56 Å². The van der Waals surface area contributed by atoms with Crippen LogP contribution in [0.25, 0.3) is 0 Å². The molecule has 2 aliphatic heterocycles. The van der Waals surface area contributed by atoms with Crippen LogP contribution in [0.3, 0.4) is 0 Å². The number of nitrogens with zero attached hydrogens (tertiary/aromatic N) is 4. The molecule has 0 spiro atoms. The predicted molar refractivity (Wildman–Crippen MR) is 139 cm³/mol. The molecule has 1 aromatic heterocycles. The average molecular weight is 523 g/mol. The summed E-state index contributed by atoms with van der Waals surface area (Å²) in [6.45, 7) is 1.50. The van der Waals surface area contributed by atoms with Crippen molar-refractivity contribution in [3.05, 3.63) is 83.1 Å². The lowest BCUT2D eigenvalue weighted by Gasteiger charge is -2.36. The summed E-state index contributed by atoms with van der Waals surface area (Å²) >= 11 is 6.08. The molecular weight excluding hydrogens is 496 g/mol. The van der Waals surface area contributed by atoms with E-state index in [1.54, 1.807) is 59.5 Å². The van der Waals surface area contributed by atoms with Gasteiger partial charge in [-0.3, -0.25) is 19.6 Å². The predicted octanol–water partition coefficient (Wildman–Crippen LogP) is 3.65. The van der Waals surface area contributed by atoms with E-state index >= 15 is 0 Å². The molecular formula is C27H27ClN4O5. The summed E-state index contributed by atoms with van der Waals surface area (Å²) in [5.41, 5.74) is 2.78. The van der Waals surface area contributed by atoms with Crippen LogP contribution in [0.2, 0.25) is 5.02 Å². The summed E-state index contributed by atoms with van der Waals surface area (Å²) in [6.07, 6.45) is 0.626. The third kappa shape index (κ3) is 5.24. The molecule has 0 bridgehead atoms. The maximum Gasteiger partial charge on any atom is 0.415 e. The number of cyclic esters (lactones) is 1. The Morgan fingerprint density at radius 1 is 1.08 bits per heavy atom. The minimum absolute atomic E-state index is 0.0680. The van der Waals surface area contributed by atoms with Gasteiger partial charge in [0.05, 0.1) is 37.8 Å². The molecule has 10 heteroatoms. The Morgan fingerprint density at radius 2 is 1.86 bits per heavy atom. The monoisotopic (exact) mass is 522 g/mol. The molecule has 0 radical (unpaired) electrons. The number of methoxy groups -OCH3 is 1. The molecule has 1 N–H and O–H groups in total. The Hall–Kier alpha value is -3.66. The Bertz CT molecular complexity index is 1270. The van der Waals surface area contributed by atoms with Crippen molar-refractivity contribution in [2.45, 2.75) is 18.8 Å². The third-order valence-electron chi connectivity index (χ3n) is 6.64. The largest absolute Gasteiger partial charge is 0.497 e. The topological polar surface area (TPSA) is 95.4 Å². The first-order chi connectivity index (χ1) is 18.0. The molecule has 2 aromatic carbocycles. The van der Waals surface area contributed by atoms with Gasteiger partial charge in [0.15, 0.2) is 0 Å². The number of hydrogen-bond acceptors (Lipinski definition) is 7. The zero-order chi connectivity index (χ0) is 25.9. The minimum Gasteiger partial charge on any atom is -0.497 e. The van der Waals surface area contributed by atoms with Crippen LogP contribution in [0.1, 0.15) is 17.3 Å². The first kappa shape index (κ1) is 25.0. The van der Waals surface area contributed by atoms with E-state index in [9.17, 15) is 14.7 Å². The van der Waals surface area contributed by atoms with Gasteiger partial charge in [-0.15, -0.1) is 0 Å². The normalized spacial score (nSPS) is 20.3. The summed E-state index contributed by atoms with van der Waals surface area (Å²) in [5, 5.41) is 9.79. The summed E-state index contributed by atoms with van der Waals surface area (Å²) in [4.78, 5) is 35.6. The average Bonchev–Trinajstić information content (AvgIpc) is 3.24. The van der Waals surface area contributed by atoms with Crippen LogP contribution in [0, 0.1) is 0 Å². The number of halogens is 1. The number of amides is 2. The third-order valence-corrected chi connectivity index (χ3v) is 6.89. The number of aromatic nitrogens is 1. The Kier molecular flexibility index (Phi) is 7.27. The van der Waals surface area contributed by atoms with Crippen molar-refractivity contribution in [3.8, 4) is 5.75 Å². The number of pyridine rings is 1. The standard InChI is InChI=1S/C27H27ClN4O5/c1-36-23-4-2-3-18(13-23)26-24(37-27(35)32(26)21-8-5-19(28)6-9-21)15-30-11-12-31(25(34)16-30)22-10-7-20(17-33)29-14-22/h2-10,13-14,24,26,33H,11-12,15-17H2,1H3/t24-,26-/m0/s1. The first-order valence-electron chi connectivity index (χ1n) is 11.9. The molecule has 3 heterocycles. The van der Waals surface area contributed by atoms with Crippen LogP contribution < -0.4 is 14.5 Å². The van der Waals surface area contributed by atoms with E-state index in [-0.39, 0.29) is 19.1 Å². The first-order valence-corrected chi connectivity index (χ1v) is 12.3. The number of aliphatic hydroxyl groups excluding tert-OH is 1. The van der Waals surface area contributed by atoms with Crippen LogP contribution in [-0.2, 0) is 16.1 Å². The minimum atomic E-state index is -0.514. The molecule has 2 saturated heterocycles. The summed E-state index contributed by atoms with van der Waals surface area (Å²) in [5.74, 6) is 0.609. The lowest BCUT2D eigenvalue weighted by Crippen LogP contribution is -2.52. The number of carbonyl (C=O) groups is 2. The fourth-order valence-corrected chi connectivity index (χ4v) is 4.93. The van der Waals surface area contributed by atoms with E-state index < -0.39 is 18.2 Å². The number of carbonyl (C=O) groups excluding carboxylic acids is 2. The molecule has 2 fully saturated rings. The number of hydrogen-bond donors (Lipinski definition) is 1. The second kappa shape index (κ2) is 10.8. The highest BCUT2D eigenvalue weighted by Gasteiger charge is 2.45. The van der Waals surface area contributed by atoms with Gasteiger partial charge in [-0.25, -0.2) is 4.79 Å². The molecule has 9 nitrogen and oxygen atoms in total. The number of aliphatic hydroxyl groups is 1. The van der Waals surface area contributed by atoms with Gasteiger partial charge in [0.25, 0.3) is 0 Å². The van der Waals surface area contributed by atoms with Gasteiger partial charge in [0, 0.05) is 30.3 Å². The lowest BCUT2D eigenvalue weighted by atomic mass is 9.99. The highest BCUT2D eigenvalue weighted by atomic mass is 35.5. The van der Waals surface area contributed by atoms with Gasteiger partial charge in [-0.05, 0) is 54.1 Å². The van der Waals surface area contributed by atoms with E-state index in [1.165, 1.54) is 0 Å². The van der Waals surface area contributed by atoms with Gasteiger partial charge >= 0.3 is 6.09 Å². The van der Waals surface area contributed by atoms with E-state index in [4.69, 9.17) is 21.1 Å². The molecule has 0 unspecified atom stereocenters. The fourth-order valence-electron chi connectivity index (χ4n) is 4.80. The van der Waals surface area contributed by atoms with Gasteiger partial charge in [0.1, 0.15) is 17.9 Å². The molecule has 0 aliphatic carbocycles. The van der Waals surface area contributed by atoms with E-state index in [2.05, 4.69) is 4.98 Å². The van der Waals surface area contributed by atoms with Gasteiger partial charge < -0.3 is 19.5 Å². The fraction of sp³-hybridized carbons (Fsp3) is 0.296. The van der Waals surface area contributed by atoms with Crippen molar-refractivity contribution in [2.75, 3.05) is 43.1 Å². The second-order valence-electron chi connectivity index (χ2n) is 8.94. The zero-order valence-corrected chi connectivity index (χ0v) is 21.0. The molecule has 2 amide bonds. The van der Waals surface area contributed by atoms with Crippen molar-refractivity contribution >= 4 is 35.0 Å². The van der Waals surface area contributed by atoms with Crippen molar-refractivity contribution in [1.29, 1.82) is 0 Å². The molecule has 37 heavy (non-hydrogen) atoms. The Morgan fingerprint density at radius 3 is 2.54 bits per heavy atom. The Labute approximate surface area is 219 Å². The zero-order valence-electron chi connectivity index (χ0n) is 20.3. The van der Waals surface area contributed by atoms with Gasteiger partial charge in [-0.1, -0.05) is 23.7 Å². The quantitative estimate of drug-likeness (QED) is 0.506. The van der Waals surface area contributed by atoms with Crippen LogP contribution in [0.15, 0.2) is 66.9 Å². The maximum atomic E-state index is 13.1. The summed E-state index contributed by atoms with van der Waals surface area (Å²) in [6, 6.07) is 17.7. The number of piperazine rings is 1. The van der Waals surface area contributed by atoms with Crippen LogP contribution in [0.5, 0.6) is 5.75 Å². The van der Waals surface area contributed by atoms with E-state index in [0.29, 0.717) is 47.5 Å². The van der Waals surface area contributed by atoms with Crippen LogP contribution >= 0.6 is 11.6 Å². The van der Waals surface area contributed by atoms with Crippen molar-refractivity contribution < 1.29 is 24.2 Å². The van der Waals surface area contributed by atoms with Crippen molar-refractivity contribution in [2.24, 2.45) is 0 Å². The van der Waals surface area contributed by atoms with Gasteiger partial charge in [0.2, 0.25) is 5.91 Å². The molecule has 5 rings (SSSR count). The highest BCUT2D eigenvalue weighted by Crippen LogP contribution is 2.39. The molecule has 2 aliphatic rings. The number of rotatable bonds is 7. The molecule has 3 aromatic rings. The van der Waals surface area contributed by atoms with Crippen LogP contribution in [0.4, 0.5) is 16.2 Å². The van der Waals surface area contributed by atoms with Crippen molar-refractivity contribution in [3.63, 3.8) is 0 Å². The Balaban J connectivity index is 1.37. The maximum absolute atomic E-state index is 13.1. The van der Waals surface area contributed by atoms with Crippen molar-refractivity contribution in [1.82, 2.24) is 9.88 Å². The molecule has 0 saturated carbocycles. The molecule has 2 atom stereocenters. The molecule has 192 valence electrons. The number of benzene rings is 2. The summed E-state index contributed by atoms with van der Waals surface area (Å²) in [7, 11) is 1.60. The highest BCUT2D eigenvalue weighted by molar-refractivity contribution is 6.30. The summed E-state index contributed by atoms with van der Waals surface area (Å²) < 4.78 is 11.3. The second-order valence-corrected chi connectivity index (χ2v) is 9.37. The lowest BCUT2D eigenvalue weighted by molar-refractivity contribution is -0.121. The number of ether oxygens (including phenoxy) is 2. The smallest absolute Gasteiger partial charge is 0.415 e. The SMILES string of the molecule is COc1cccc([C@H]2[C@H](CN3CCN(c4ccc(CO)nc4)C(=O)C3)OC(=O)N2c2ccc(Cl)cc2)c1. The van der Waals surface area contributed by atoms with E-state index in [1.807, 2.05) is 29.2 Å². The van der Waals surface area contributed by atoms with Crippen LogP contribution in [-0.4, -0.2) is 66.4 Å². The number of anilines is 2. The van der Waals surface area contributed by atoms with Gasteiger partial charge in [-0.2, -0.15) is 0 Å².